The zero-order valence-electron chi connectivity index (χ0n) is 17.3. The number of carbonyl (C=O) groups is 2. The van der Waals surface area contributed by atoms with E-state index in [1.807, 2.05) is 0 Å². The van der Waals surface area contributed by atoms with Gasteiger partial charge in [0.05, 0.1) is 29.4 Å². The molecule has 2 aromatic heterocycles. The highest BCUT2D eigenvalue weighted by Gasteiger charge is 2.20. The zero-order valence-corrected chi connectivity index (χ0v) is 19.0. The minimum Gasteiger partial charge on any atom is -0.350 e. The molecule has 10 nitrogen and oxygen atoms in total. The molecule has 2 heterocycles. The highest BCUT2D eigenvalue weighted by atomic mass is 32.2. The van der Waals surface area contributed by atoms with Crippen LogP contribution in [0.2, 0.25) is 0 Å². The molecule has 174 valence electrons. The van der Waals surface area contributed by atoms with Crippen LogP contribution in [-0.4, -0.2) is 53.1 Å². The first-order valence-corrected chi connectivity index (χ1v) is 12.1. The van der Waals surface area contributed by atoms with Crippen molar-refractivity contribution in [1.82, 2.24) is 19.7 Å². The third-order valence-electron chi connectivity index (χ3n) is 4.13. The summed E-state index contributed by atoms with van der Waals surface area (Å²) in [6.07, 6.45) is 3.58. The highest BCUT2D eigenvalue weighted by Crippen LogP contribution is 2.28. The smallest absolute Gasteiger partial charge is 0.271 e. The number of carbonyl (C=O) groups excluding carboxylic acids is 2. The molecule has 0 aliphatic rings. The van der Waals surface area contributed by atoms with Crippen molar-refractivity contribution in [1.29, 1.82) is 0 Å². The van der Waals surface area contributed by atoms with Gasteiger partial charge in [0.1, 0.15) is 26.4 Å². The number of hydrogen-bond acceptors (Lipinski definition) is 9. The molecule has 0 unspecified atom stereocenters. The van der Waals surface area contributed by atoms with Gasteiger partial charge in [0.25, 0.3) is 11.8 Å². The van der Waals surface area contributed by atoms with Gasteiger partial charge in [-0.25, -0.2) is 22.2 Å². The standard InChI is InChI=1S/C19H18F2N6O4S2/c1-10-16(18(29)24-11-3-4-12(20)13(21)7-11)19(32-27-10)26-15-9-22-8-14(25-15)17(28)23-5-6-33(2,30)31/h3-4,7-9H,5-6H2,1-2H3,(H,23,28)(H,24,29)(H,25,26). The number of anilines is 3. The quantitative estimate of drug-likeness (QED) is 0.431. The summed E-state index contributed by atoms with van der Waals surface area (Å²) in [5.74, 6) is -3.46. The molecule has 33 heavy (non-hydrogen) atoms. The third kappa shape index (κ3) is 6.49. The molecule has 0 saturated heterocycles. The molecule has 0 spiro atoms. The van der Waals surface area contributed by atoms with Crippen LogP contribution in [0.4, 0.5) is 25.3 Å². The van der Waals surface area contributed by atoms with Crippen molar-refractivity contribution in [2.24, 2.45) is 0 Å². The number of sulfone groups is 1. The fourth-order valence-electron chi connectivity index (χ4n) is 2.58. The van der Waals surface area contributed by atoms with Crippen molar-refractivity contribution >= 4 is 49.7 Å². The average molecular weight is 497 g/mol. The van der Waals surface area contributed by atoms with E-state index >= 15 is 0 Å². The van der Waals surface area contributed by atoms with Gasteiger partial charge in [-0.1, -0.05) is 0 Å². The maximum absolute atomic E-state index is 13.4. The van der Waals surface area contributed by atoms with Crippen LogP contribution >= 0.6 is 11.5 Å². The Morgan fingerprint density at radius 1 is 1.12 bits per heavy atom. The van der Waals surface area contributed by atoms with Gasteiger partial charge in [-0.2, -0.15) is 4.37 Å². The molecule has 14 heteroatoms. The third-order valence-corrected chi connectivity index (χ3v) is 5.93. The van der Waals surface area contributed by atoms with Crippen LogP contribution < -0.4 is 16.0 Å². The van der Waals surface area contributed by atoms with E-state index in [1.54, 1.807) is 6.92 Å². The van der Waals surface area contributed by atoms with Crippen molar-refractivity contribution in [3.63, 3.8) is 0 Å². The molecule has 3 rings (SSSR count). The van der Waals surface area contributed by atoms with Gasteiger partial charge < -0.3 is 16.0 Å². The Bertz CT molecular complexity index is 1310. The normalized spacial score (nSPS) is 11.2. The Kier molecular flexibility index (Phi) is 7.28. The van der Waals surface area contributed by atoms with Gasteiger partial charge in [-0.05, 0) is 30.6 Å². The van der Waals surface area contributed by atoms with E-state index in [9.17, 15) is 26.8 Å². The number of nitrogens with one attached hydrogen (secondary N) is 3. The highest BCUT2D eigenvalue weighted by molar-refractivity contribution is 7.90. The van der Waals surface area contributed by atoms with E-state index in [4.69, 9.17) is 0 Å². The Morgan fingerprint density at radius 2 is 1.88 bits per heavy atom. The van der Waals surface area contributed by atoms with Crippen LogP contribution in [-0.2, 0) is 9.84 Å². The average Bonchev–Trinajstić information content (AvgIpc) is 3.10. The van der Waals surface area contributed by atoms with Gasteiger partial charge in [0.15, 0.2) is 11.6 Å². The second-order valence-electron chi connectivity index (χ2n) is 6.86. The molecule has 0 bridgehead atoms. The summed E-state index contributed by atoms with van der Waals surface area (Å²) >= 11 is 0.955. The van der Waals surface area contributed by atoms with Crippen LogP contribution in [0.15, 0.2) is 30.6 Å². The van der Waals surface area contributed by atoms with Gasteiger partial charge >= 0.3 is 0 Å². The Balaban J connectivity index is 1.74. The van der Waals surface area contributed by atoms with Crippen molar-refractivity contribution in [3.8, 4) is 0 Å². The molecule has 0 aliphatic heterocycles. The van der Waals surface area contributed by atoms with Gasteiger partial charge in [-0.3, -0.25) is 14.6 Å². The summed E-state index contributed by atoms with van der Waals surface area (Å²) in [5, 5.41) is 8.07. The molecule has 0 saturated carbocycles. The molecule has 0 aliphatic carbocycles. The van der Waals surface area contributed by atoms with Crippen molar-refractivity contribution < 1.29 is 26.8 Å². The van der Waals surface area contributed by atoms with Gasteiger partial charge in [0.2, 0.25) is 0 Å². The summed E-state index contributed by atoms with van der Waals surface area (Å²) < 4.78 is 53.0. The summed E-state index contributed by atoms with van der Waals surface area (Å²) in [4.78, 5) is 33.0. The molecule has 0 radical (unpaired) electrons. The SMILES string of the molecule is Cc1nsc(Nc2cncc(C(=O)NCCS(C)(=O)=O)n2)c1C(=O)Nc1ccc(F)c(F)c1. The van der Waals surface area contributed by atoms with Gasteiger partial charge in [-0.15, -0.1) is 0 Å². The predicted octanol–water partition coefficient (Wildman–Crippen LogP) is 2.29. The number of benzene rings is 1. The Hall–Kier alpha value is -3.52. The van der Waals surface area contributed by atoms with Crippen LogP contribution in [0.3, 0.4) is 0 Å². The lowest BCUT2D eigenvalue weighted by Crippen LogP contribution is -2.29. The summed E-state index contributed by atoms with van der Waals surface area (Å²) in [6.45, 7) is 1.51. The summed E-state index contributed by atoms with van der Waals surface area (Å²) in [5.41, 5.74) is 0.519. The number of halogens is 2. The number of aromatic nitrogens is 3. The van der Waals surface area contributed by atoms with E-state index in [0.717, 1.165) is 29.9 Å². The largest absolute Gasteiger partial charge is 0.350 e. The first-order chi connectivity index (χ1) is 15.5. The Morgan fingerprint density at radius 3 is 2.58 bits per heavy atom. The predicted molar refractivity (Wildman–Crippen MR) is 119 cm³/mol. The molecule has 1 aromatic carbocycles. The van der Waals surface area contributed by atoms with E-state index in [0.29, 0.717) is 5.69 Å². The molecular formula is C19H18F2N6O4S2. The summed E-state index contributed by atoms with van der Waals surface area (Å²) in [7, 11) is -3.23. The molecular weight excluding hydrogens is 478 g/mol. The number of hydrogen-bond donors (Lipinski definition) is 3. The molecule has 3 N–H and O–H groups in total. The topological polar surface area (TPSA) is 143 Å². The fourth-order valence-corrected chi connectivity index (χ4v) is 3.86. The minimum absolute atomic E-state index is 0.0583. The van der Waals surface area contributed by atoms with Crippen molar-refractivity contribution in [2.75, 3.05) is 29.2 Å². The van der Waals surface area contributed by atoms with Crippen LogP contribution in [0.1, 0.15) is 26.5 Å². The van der Waals surface area contributed by atoms with E-state index < -0.39 is 33.3 Å². The van der Waals surface area contributed by atoms with E-state index in [1.165, 1.54) is 18.5 Å². The summed E-state index contributed by atoms with van der Waals surface area (Å²) in [6, 6.07) is 2.97. The van der Waals surface area contributed by atoms with Crippen LogP contribution in [0.5, 0.6) is 0 Å². The van der Waals surface area contributed by atoms with E-state index in [2.05, 4.69) is 30.3 Å². The van der Waals surface area contributed by atoms with Crippen LogP contribution in [0, 0.1) is 18.6 Å². The molecule has 0 fully saturated rings. The first-order valence-electron chi connectivity index (χ1n) is 9.31. The zero-order chi connectivity index (χ0) is 24.2. The lowest BCUT2D eigenvalue weighted by atomic mass is 10.2. The second kappa shape index (κ2) is 9.95. The number of rotatable bonds is 8. The van der Waals surface area contributed by atoms with Gasteiger partial charge in [0, 0.05) is 24.6 Å². The van der Waals surface area contributed by atoms with Crippen molar-refractivity contribution in [3.05, 3.63) is 59.2 Å². The van der Waals surface area contributed by atoms with E-state index in [-0.39, 0.29) is 40.1 Å². The molecule has 3 aromatic rings. The molecule has 2 amide bonds. The monoisotopic (exact) mass is 496 g/mol. The van der Waals surface area contributed by atoms with Crippen molar-refractivity contribution in [2.45, 2.75) is 6.92 Å². The number of nitrogens with zero attached hydrogens (tertiary/aromatic N) is 3. The molecule has 0 atom stereocenters. The maximum Gasteiger partial charge on any atom is 0.271 e. The Labute approximate surface area is 191 Å². The lowest BCUT2D eigenvalue weighted by Gasteiger charge is -2.09. The minimum atomic E-state index is -3.23. The number of aryl methyl sites for hydroxylation is 1. The first kappa shape index (κ1) is 24.1. The number of amides is 2. The second-order valence-corrected chi connectivity index (χ2v) is 9.89. The fraction of sp³-hybridized carbons (Fsp3) is 0.211. The maximum atomic E-state index is 13.4. The lowest BCUT2D eigenvalue weighted by molar-refractivity contribution is 0.0950. The van der Waals surface area contributed by atoms with Crippen LogP contribution in [0.25, 0.3) is 0 Å².